The van der Waals surface area contributed by atoms with Crippen LogP contribution in [0.5, 0.6) is 0 Å². The molecule has 0 radical (unpaired) electrons. The van der Waals surface area contributed by atoms with Crippen LogP contribution in [0, 0.1) is 0 Å². The van der Waals surface area contributed by atoms with Gasteiger partial charge in [-0.2, -0.15) is 13.2 Å². The number of sulfone groups is 1. The number of amides is 1. The Bertz CT molecular complexity index is 1120. The van der Waals surface area contributed by atoms with E-state index < -0.39 is 27.5 Å². The van der Waals surface area contributed by atoms with Crippen molar-refractivity contribution >= 4 is 50.1 Å². The van der Waals surface area contributed by atoms with E-state index in [9.17, 15) is 26.4 Å². The summed E-state index contributed by atoms with van der Waals surface area (Å²) >= 11 is 6.10. The minimum absolute atomic E-state index is 0.0488. The first-order chi connectivity index (χ1) is 13.5. The first-order valence-corrected chi connectivity index (χ1v) is 11.3. The molecule has 2 aromatic rings. The van der Waals surface area contributed by atoms with Crippen LogP contribution in [0.4, 0.5) is 13.2 Å². The number of alkyl halides is 3. The Morgan fingerprint density at radius 1 is 1.10 bits per heavy atom. The Hall–Kier alpha value is -2.17. The Morgan fingerprint density at radius 3 is 2.38 bits per heavy atom. The van der Waals surface area contributed by atoms with Crippen LogP contribution in [0.2, 0.25) is 0 Å². The lowest BCUT2D eigenvalue weighted by molar-refractivity contribution is -0.138. The SMILES string of the molecule is CS(=O)(=O)c1ccccc1/C=C1\SC(=S)N(Cc2ccccc2C(F)(F)F)C1=O. The Labute approximate surface area is 175 Å². The third kappa shape index (κ3) is 4.71. The number of thioether (sulfide) groups is 1. The van der Waals surface area contributed by atoms with Gasteiger partial charge in [0.2, 0.25) is 0 Å². The predicted molar refractivity (Wildman–Crippen MR) is 110 cm³/mol. The van der Waals surface area contributed by atoms with Crippen LogP contribution in [0.15, 0.2) is 58.3 Å². The van der Waals surface area contributed by atoms with E-state index >= 15 is 0 Å². The molecule has 1 saturated heterocycles. The molecule has 0 saturated carbocycles. The highest BCUT2D eigenvalue weighted by molar-refractivity contribution is 8.26. The second kappa shape index (κ2) is 7.92. The Balaban J connectivity index is 1.94. The molecule has 1 aliphatic heterocycles. The number of carbonyl (C=O) groups excluding carboxylic acids is 1. The van der Waals surface area contributed by atoms with Gasteiger partial charge in [0.05, 0.1) is 21.9 Å². The summed E-state index contributed by atoms with van der Waals surface area (Å²) < 4.78 is 63.7. The zero-order valence-corrected chi connectivity index (χ0v) is 17.4. The maximum Gasteiger partial charge on any atom is 0.416 e. The van der Waals surface area contributed by atoms with Gasteiger partial charge in [0, 0.05) is 6.26 Å². The molecule has 3 rings (SSSR count). The molecule has 1 aliphatic rings. The Morgan fingerprint density at radius 2 is 1.72 bits per heavy atom. The van der Waals surface area contributed by atoms with E-state index in [1.165, 1.54) is 30.3 Å². The molecule has 29 heavy (non-hydrogen) atoms. The largest absolute Gasteiger partial charge is 0.416 e. The van der Waals surface area contributed by atoms with Crippen LogP contribution < -0.4 is 0 Å². The lowest BCUT2D eigenvalue weighted by Crippen LogP contribution is -2.28. The monoisotopic (exact) mass is 457 g/mol. The fourth-order valence-corrected chi connectivity index (χ4v) is 4.95. The highest BCUT2D eigenvalue weighted by Gasteiger charge is 2.37. The smallest absolute Gasteiger partial charge is 0.288 e. The molecule has 4 nitrogen and oxygen atoms in total. The molecule has 1 heterocycles. The number of rotatable bonds is 4. The molecule has 1 fully saturated rings. The molecular weight excluding hydrogens is 443 g/mol. The average Bonchev–Trinajstić information content (AvgIpc) is 2.88. The van der Waals surface area contributed by atoms with Crippen LogP contribution in [0.1, 0.15) is 16.7 Å². The Kier molecular flexibility index (Phi) is 5.88. The van der Waals surface area contributed by atoms with Crippen LogP contribution in [0.3, 0.4) is 0 Å². The summed E-state index contributed by atoms with van der Waals surface area (Å²) in [5.41, 5.74) is -0.597. The zero-order valence-electron chi connectivity index (χ0n) is 14.9. The molecule has 2 aromatic carbocycles. The molecule has 0 unspecified atom stereocenters. The van der Waals surface area contributed by atoms with Crippen molar-refractivity contribution in [3.8, 4) is 0 Å². The highest BCUT2D eigenvalue weighted by Crippen LogP contribution is 2.37. The summed E-state index contributed by atoms with van der Waals surface area (Å²) in [5.74, 6) is -0.569. The molecule has 0 bridgehead atoms. The van der Waals surface area contributed by atoms with E-state index in [0.29, 0.717) is 5.56 Å². The van der Waals surface area contributed by atoms with Gasteiger partial charge in [-0.3, -0.25) is 9.69 Å². The summed E-state index contributed by atoms with van der Waals surface area (Å²) in [4.78, 5) is 14.0. The van der Waals surface area contributed by atoms with Gasteiger partial charge in [-0.25, -0.2) is 8.42 Å². The van der Waals surface area contributed by atoms with Gasteiger partial charge in [-0.05, 0) is 29.3 Å². The predicted octanol–water partition coefficient (Wildman–Crippen LogP) is 4.51. The number of nitrogens with zero attached hydrogens (tertiary/aromatic N) is 1. The van der Waals surface area contributed by atoms with Crippen molar-refractivity contribution in [2.45, 2.75) is 17.6 Å². The number of hydrogen-bond donors (Lipinski definition) is 0. The normalized spacial score (nSPS) is 16.7. The average molecular weight is 458 g/mol. The molecule has 0 aliphatic carbocycles. The lowest BCUT2D eigenvalue weighted by atomic mass is 10.1. The fraction of sp³-hybridized carbons (Fsp3) is 0.158. The van der Waals surface area contributed by atoms with E-state index in [0.717, 1.165) is 29.0 Å². The van der Waals surface area contributed by atoms with E-state index in [1.54, 1.807) is 18.2 Å². The first kappa shape index (κ1) is 21.5. The van der Waals surface area contributed by atoms with E-state index in [-0.39, 0.29) is 26.2 Å². The van der Waals surface area contributed by atoms with E-state index in [2.05, 4.69) is 0 Å². The summed E-state index contributed by atoms with van der Waals surface area (Å²) in [6, 6.07) is 11.1. The number of hydrogen-bond acceptors (Lipinski definition) is 5. The minimum atomic E-state index is -4.55. The van der Waals surface area contributed by atoms with Crippen LogP contribution in [-0.4, -0.2) is 29.8 Å². The standard InChI is InChI=1S/C19H14F3NO3S3/c1-29(25,26)16-9-5-3-6-12(16)10-15-17(24)23(18(27)28-15)11-13-7-2-4-8-14(13)19(20,21)22/h2-10H,11H2,1H3/b15-10-. The molecule has 10 heteroatoms. The van der Waals surface area contributed by atoms with Gasteiger partial charge in [-0.1, -0.05) is 60.4 Å². The van der Waals surface area contributed by atoms with Crippen molar-refractivity contribution in [2.24, 2.45) is 0 Å². The van der Waals surface area contributed by atoms with Crippen molar-refractivity contribution < 1.29 is 26.4 Å². The molecule has 1 amide bonds. The van der Waals surface area contributed by atoms with E-state index in [4.69, 9.17) is 12.2 Å². The van der Waals surface area contributed by atoms with Gasteiger partial charge < -0.3 is 0 Å². The maximum absolute atomic E-state index is 13.2. The fourth-order valence-electron chi connectivity index (χ4n) is 2.82. The van der Waals surface area contributed by atoms with E-state index in [1.807, 2.05) is 0 Å². The lowest BCUT2D eigenvalue weighted by Gasteiger charge is -2.18. The number of benzene rings is 2. The topological polar surface area (TPSA) is 54.5 Å². The molecule has 0 N–H and O–H groups in total. The van der Waals surface area contributed by atoms with Crippen LogP contribution >= 0.6 is 24.0 Å². The van der Waals surface area contributed by atoms with Crippen molar-refractivity contribution in [3.63, 3.8) is 0 Å². The number of thiocarbonyl (C=S) groups is 1. The second-order valence-electron chi connectivity index (χ2n) is 6.23. The van der Waals surface area contributed by atoms with Gasteiger partial charge in [0.1, 0.15) is 4.32 Å². The van der Waals surface area contributed by atoms with Gasteiger partial charge in [0.15, 0.2) is 9.84 Å². The molecule has 152 valence electrons. The molecular formula is C19H14F3NO3S3. The van der Waals surface area contributed by atoms with Gasteiger partial charge in [-0.15, -0.1) is 0 Å². The molecule has 0 aromatic heterocycles. The summed E-state index contributed by atoms with van der Waals surface area (Å²) in [6.45, 7) is -0.328. The van der Waals surface area contributed by atoms with Crippen LogP contribution in [0.25, 0.3) is 6.08 Å². The van der Waals surface area contributed by atoms with Gasteiger partial charge >= 0.3 is 6.18 Å². The van der Waals surface area contributed by atoms with Crippen molar-refractivity contribution in [1.82, 2.24) is 4.90 Å². The van der Waals surface area contributed by atoms with Crippen LogP contribution in [-0.2, 0) is 27.4 Å². The highest BCUT2D eigenvalue weighted by atomic mass is 32.2. The summed E-state index contributed by atoms with van der Waals surface area (Å²) in [5, 5.41) is 0. The zero-order chi connectivity index (χ0) is 21.4. The van der Waals surface area contributed by atoms with Crippen molar-refractivity contribution in [3.05, 3.63) is 70.1 Å². The van der Waals surface area contributed by atoms with Crippen molar-refractivity contribution in [1.29, 1.82) is 0 Å². The summed E-state index contributed by atoms with van der Waals surface area (Å²) in [6.07, 6.45) is -2.11. The summed E-state index contributed by atoms with van der Waals surface area (Å²) in [7, 11) is -3.53. The van der Waals surface area contributed by atoms with Crippen molar-refractivity contribution in [2.75, 3.05) is 6.26 Å². The molecule has 0 spiro atoms. The van der Waals surface area contributed by atoms with Gasteiger partial charge in [0.25, 0.3) is 5.91 Å². The second-order valence-corrected chi connectivity index (χ2v) is 9.89. The number of carbonyl (C=O) groups is 1. The minimum Gasteiger partial charge on any atom is -0.288 e. The third-order valence-electron chi connectivity index (χ3n) is 4.13. The quantitative estimate of drug-likeness (QED) is 0.500. The third-order valence-corrected chi connectivity index (χ3v) is 6.68. The first-order valence-electron chi connectivity index (χ1n) is 8.18. The number of halogens is 3. The maximum atomic E-state index is 13.2. The molecule has 0 atom stereocenters.